The molecule has 1 heterocycles. The smallest absolute Gasteiger partial charge is 0.337 e. The molecule has 25 heavy (non-hydrogen) atoms. The highest BCUT2D eigenvalue weighted by molar-refractivity contribution is 5.89. The lowest BCUT2D eigenvalue weighted by atomic mass is 10.1. The summed E-state index contributed by atoms with van der Waals surface area (Å²) in [5.74, 6) is -1.20. The summed E-state index contributed by atoms with van der Waals surface area (Å²) in [7, 11) is 1.23. The van der Waals surface area contributed by atoms with Gasteiger partial charge in [0, 0.05) is 11.8 Å². The van der Waals surface area contributed by atoms with Crippen molar-refractivity contribution in [1.29, 1.82) is 0 Å². The van der Waals surface area contributed by atoms with Gasteiger partial charge in [-0.2, -0.15) is 0 Å². The van der Waals surface area contributed by atoms with Gasteiger partial charge in [-0.15, -0.1) is 0 Å². The van der Waals surface area contributed by atoms with Gasteiger partial charge >= 0.3 is 5.97 Å². The van der Waals surface area contributed by atoms with Gasteiger partial charge < -0.3 is 4.74 Å². The van der Waals surface area contributed by atoms with Gasteiger partial charge in [0.25, 0.3) is 5.56 Å². The number of rotatable bonds is 4. The Kier molecular flexibility index (Phi) is 4.70. The number of halogens is 1. The molecule has 1 aromatic heterocycles. The third-order valence-corrected chi connectivity index (χ3v) is 3.80. The average Bonchev–Trinajstić information content (AvgIpc) is 2.65. The van der Waals surface area contributed by atoms with Gasteiger partial charge in [-0.05, 0) is 17.7 Å². The van der Waals surface area contributed by atoms with Gasteiger partial charge in [-0.25, -0.2) is 14.2 Å². The van der Waals surface area contributed by atoms with E-state index in [0.29, 0.717) is 5.56 Å². The van der Waals surface area contributed by atoms with E-state index in [1.54, 1.807) is 0 Å². The summed E-state index contributed by atoms with van der Waals surface area (Å²) in [6.07, 6.45) is 2.85. The van der Waals surface area contributed by atoms with Crippen LogP contribution in [0.4, 0.5) is 4.39 Å². The SMILES string of the molecule is COC(=O)c1ccc(Cn2cncc(-c3ccccc3)c2=O)c(F)c1. The molecule has 0 saturated carbocycles. The van der Waals surface area contributed by atoms with Crippen LogP contribution >= 0.6 is 0 Å². The molecule has 2 aromatic carbocycles. The fraction of sp³-hybridized carbons (Fsp3) is 0.105. The lowest BCUT2D eigenvalue weighted by molar-refractivity contribution is 0.0600. The van der Waals surface area contributed by atoms with Crippen LogP contribution in [-0.2, 0) is 11.3 Å². The second-order valence-electron chi connectivity index (χ2n) is 5.40. The highest BCUT2D eigenvalue weighted by atomic mass is 19.1. The van der Waals surface area contributed by atoms with Crippen LogP contribution in [-0.4, -0.2) is 22.6 Å². The van der Waals surface area contributed by atoms with Crippen molar-refractivity contribution in [1.82, 2.24) is 9.55 Å². The average molecular weight is 338 g/mol. The van der Waals surface area contributed by atoms with E-state index >= 15 is 0 Å². The molecule has 0 saturated heterocycles. The summed E-state index contributed by atoms with van der Waals surface area (Å²) in [5, 5.41) is 0. The summed E-state index contributed by atoms with van der Waals surface area (Å²) in [5.41, 5.74) is 1.32. The maximum absolute atomic E-state index is 14.2. The summed E-state index contributed by atoms with van der Waals surface area (Å²) < 4.78 is 20.1. The van der Waals surface area contributed by atoms with E-state index in [4.69, 9.17) is 0 Å². The van der Waals surface area contributed by atoms with E-state index < -0.39 is 11.8 Å². The maximum Gasteiger partial charge on any atom is 0.337 e. The Bertz CT molecular complexity index is 968. The Labute approximate surface area is 143 Å². The number of carbonyl (C=O) groups excluding carboxylic acids is 1. The minimum absolute atomic E-state index is 0.0137. The second-order valence-corrected chi connectivity index (χ2v) is 5.40. The summed E-state index contributed by atoms with van der Waals surface area (Å²) >= 11 is 0. The molecule has 0 unspecified atom stereocenters. The first-order chi connectivity index (χ1) is 12.1. The van der Waals surface area contributed by atoms with Gasteiger partial charge in [0.2, 0.25) is 0 Å². The molecule has 6 heteroatoms. The first kappa shape index (κ1) is 16.6. The largest absolute Gasteiger partial charge is 0.465 e. The van der Waals surface area contributed by atoms with Crippen LogP contribution in [0.5, 0.6) is 0 Å². The van der Waals surface area contributed by atoms with Gasteiger partial charge in [-0.3, -0.25) is 9.36 Å². The zero-order chi connectivity index (χ0) is 17.8. The van der Waals surface area contributed by atoms with E-state index in [1.807, 2.05) is 30.3 Å². The van der Waals surface area contributed by atoms with E-state index in [9.17, 15) is 14.0 Å². The molecule has 0 fully saturated rings. The van der Waals surface area contributed by atoms with Crippen molar-refractivity contribution in [2.24, 2.45) is 0 Å². The Balaban J connectivity index is 1.94. The molecule has 5 nitrogen and oxygen atoms in total. The molecule has 0 aliphatic heterocycles. The predicted octanol–water partition coefficient (Wildman–Crippen LogP) is 2.88. The number of benzene rings is 2. The molecule has 0 aliphatic rings. The molecule has 0 amide bonds. The number of aromatic nitrogens is 2. The standard InChI is InChI=1S/C19H15FN2O3/c1-25-19(24)14-7-8-15(17(20)9-14)11-22-12-21-10-16(18(22)23)13-5-3-2-4-6-13/h2-10,12H,11H2,1H3. The monoisotopic (exact) mass is 338 g/mol. The van der Waals surface area contributed by atoms with Crippen molar-refractivity contribution in [3.05, 3.63) is 88.4 Å². The van der Waals surface area contributed by atoms with Crippen LogP contribution in [0.1, 0.15) is 15.9 Å². The lowest BCUT2D eigenvalue weighted by Gasteiger charge is -2.09. The molecular formula is C19H15FN2O3. The lowest BCUT2D eigenvalue weighted by Crippen LogP contribution is -2.23. The Morgan fingerprint density at radius 3 is 2.64 bits per heavy atom. The molecule has 0 radical (unpaired) electrons. The molecule has 0 aliphatic carbocycles. The van der Waals surface area contributed by atoms with Crippen molar-refractivity contribution < 1.29 is 13.9 Å². The van der Waals surface area contributed by atoms with Crippen LogP contribution in [0.2, 0.25) is 0 Å². The Hall–Kier alpha value is -3.28. The fourth-order valence-electron chi connectivity index (χ4n) is 2.48. The minimum atomic E-state index is -0.615. The van der Waals surface area contributed by atoms with Gasteiger partial charge in [-0.1, -0.05) is 36.4 Å². The third kappa shape index (κ3) is 3.47. The maximum atomic E-state index is 14.2. The van der Waals surface area contributed by atoms with Crippen LogP contribution in [0.3, 0.4) is 0 Å². The molecule has 3 rings (SSSR count). The van der Waals surface area contributed by atoms with Crippen molar-refractivity contribution in [2.45, 2.75) is 6.54 Å². The molecular weight excluding hydrogens is 323 g/mol. The normalized spacial score (nSPS) is 10.5. The summed E-state index contributed by atoms with van der Waals surface area (Å²) in [4.78, 5) is 28.1. The van der Waals surface area contributed by atoms with Gasteiger partial charge in [0.05, 0.1) is 31.1 Å². The zero-order valence-electron chi connectivity index (χ0n) is 13.5. The van der Waals surface area contributed by atoms with E-state index in [-0.39, 0.29) is 23.2 Å². The van der Waals surface area contributed by atoms with Crippen molar-refractivity contribution >= 4 is 5.97 Å². The molecule has 3 aromatic rings. The van der Waals surface area contributed by atoms with E-state index in [0.717, 1.165) is 11.6 Å². The van der Waals surface area contributed by atoms with Gasteiger partial charge in [0.1, 0.15) is 5.82 Å². The predicted molar refractivity (Wildman–Crippen MR) is 90.8 cm³/mol. The summed E-state index contributed by atoms with van der Waals surface area (Å²) in [6, 6.07) is 13.2. The quantitative estimate of drug-likeness (QED) is 0.686. The first-order valence-corrected chi connectivity index (χ1v) is 7.56. The second kappa shape index (κ2) is 7.09. The zero-order valence-corrected chi connectivity index (χ0v) is 13.5. The van der Waals surface area contributed by atoms with Crippen LogP contribution in [0.15, 0.2) is 65.8 Å². The Morgan fingerprint density at radius 2 is 1.96 bits per heavy atom. The molecule has 0 N–H and O–H groups in total. The Morgan fingerprint density at radius 1 is 1.20 bits per heavy atom. The molecule has 0 atom stereocenters. The van der Waals surface area contributed by atoms with Crippen LogP contribution in [0.25, 0.3) is 11.1 Å². The number of ether oxygens (including phenoxy) is 1. The molecule has 126 valence electrons. The fourth-order valence-corrected chi connectivity index (χ4v) is 2.48. The molecule has 0 bridgehead atoms. The topological polar surface area (TPSA) is 61.2 Å². The minimum Gasteiger partial charge on any atom is -0.465 e. The number of methoxy groups -OCH3 is 1. The number of carbonyl (C=O) groups is 1. The first-order valence-electron chi connectivity index (χ1n) is 7.56. The van der Waals surface area contributed by atoms with Crippen molar-refractivity contribution in [3.8, 4) is 11.1 Å². The highest BCUT2D eigenvalue weighted by Crippen LogP contribution is 2.15. The van der Waals surface area contributed by atoms with E-state index in [2.05, 4.69) is 9.72 Å². The van der Waals surface area contributed by atoms with Crippen molar-refractivity contribution in [3.63, 3.8) is 0 Å². The highest BCUT2D eigenvalue weighted by Gasteiger charge is 2.12. The van der Waals surface area contributed by atoms with Gasteiger partial charge in [0.15, 0.2) is 0 Å². The number of hydrogen-bond acceptors (Lipinski definition) is 4. The van der Waals surface area contributed by atoms with Crippen LogP contribution < -0.4 is 5.56 Å². The van der Waals surface area contributed by atoms with E-state index in [1.165, 1.54) is 36.3 Å². The number of esters is 1. The molecule has 0 spiro atoms. The summed E-state index contributed by atoms with van der Waals surface area (Å²) in [6.45, 7) is 0.0137. The third-order valence-electron chi connectivity index (χ3n) is 3.80. The van der Waals surface area contributed by atoms with Crippen LogP contribution in [0, 0.1) is 5.82 Å². The number of hydrogen-bond donors (Lipinski definition) is 0. The van der Waals surface area contributed by atoms with Crippen molar-refractivity contribution in [2.75, 3.05) is 7.11 Å². The number of nitrogens with zero attached hydrogens (tertiary/aromatic N) is 2.